The van der Waals surface area contributed by atoms with Gasteiger partial charge in [0.25, 0.3) is 0 Å². The van der Waals surface area contributed by atoms with Crippen LogP contribution in [0.15, 0.2) is 23.4 Å². The first kappa shape index (κ1) is 17.8. The lowest BCUT2D eigenvalue weighted by molar-refractivity contribution is 0.0993. The summed E-state index contributed by atoms with van der Waals surface area (Å²) >= 11 is 1.45. The Hall–Kier alpha value is -2.02. The van der Waals surface area contributed by atoms with E-state index < -0.39 is 0 Å². The van der Waals surface area contributed by atoms with Gasteiger partial charge in [-0.2, -0.15) is 0 Å². The Labute approximate surface area is 151 Å². The van der Waals surface area contributed by atoms with Gasteiger partial charge in [0.15, 0.2) is 22.4 Å². The number of rotatable bonds is 8. The molecule has 1 saturated carbocycles. The van der Waals surface area contributed by atoms with Crippen LogP contribution in [0.25, 0.3) is 0 Å². The highest BCUT2D eigenvalue weighted by Gasteiger charge is 2.31. The van der Waals surface area contributed by atoms with E-state index in [2.05, 4.69) is 21.7 Å². The van der Waals surface area contributed by atoms with Gasteiger partial charge in [-0.05, 0) is 44.9 Å². The van der Waals surface area contributed by atoms with E-state index in [1.807, 2.05) is 6.92 Å². The molecular formula is C18H23N3O3S. The molecule has 2 aromatic rings. The summed E-state index contributed by atoms with van der Waals surface area (Å²) in [5.74, 6) is 2.79. The summed E-state index contributed by atoms with van der Waals surface area (Å²) in [6.07, 6.45) is 2.37. The maximum atomic E-state index is 12.8. The zero-order chi connectivity index (χ0) is 18.0. The first-order valence-corrected chi connectivity index (χ1v) is 9.33. The average molecular weight is 361 g/mol. The SMILES string of the molecule is CCn1c(S[C@@H](C)C(=O)c2ccc(OC)c(OC)c2)nnc1C1CC1. The average Bonchev–Trinajstić information content (AvgIpc) is 3.41. The number of hydrogen-bond acceptors (Lipinski definition) is 6. The second-order valence-electron chi connectivity index (χ2n) is 6.05. The number of ether oxygens (including phenoxy) is 2. The van der Waals surface area contributed by atoms with Gasteiger partial charge in [0.05, 0.1) is 19.5 Å². The van der Waals surface area contributed by atoms with Crippen LogP contribution in [0.1, 0.15) is 48.8 Å². The molecule has 1 fully saturated rings. The minimum atomic E-state index is -0.264. The number of aromatic nitrogens is 3. The highest BCUT2D eigenvalue weighted by molar-refractivity contribution is 8.00. The Bertz CT molecular complexity index is 771. The topological polar surface area (TPSA) is 66.2 Å². The highest BCUT2D eigenvalue weighted by atomic mass is 32.2. The number of thioether (sulfide) groups is 1. The minimum Gasteiger partial charge on any atom is -0.493 e. The summed E-state index contributed by atoms with van der Waals surface area (Å²) in [7, 11) is 3.14. The molecule has 0 radical (unpaired) electrons. The van der Waals surface area contributed by atoms with Crippen LogP contribution < -0.4 is 9.47 Å². The lowest BCUT2D eigenvalue weighted by atomic mass is 10.1. The molecule has 7 heteroatoms. The van der Waals surface area contributed by atoms with Gasteiger partial charge in [-0.25, -0.2) is 0 Å². The van der Waals surface area contributed by atoms with Crippen LogP contribution in [0.3, 0.4) is 0 Å². The lowest BCUT2D eigenvalue weighted by Crippen LogP contribution is -2.15. The fourth-order valence-corrected chi connectivity index (χ4v) is 3.76. The first-order chi connectivity index (χ1) is 12.1. The van der Waals surface area contributed by atoms with Gasteiger partial charge in [0.2, 0.25) is 0 Å². The summed E-state index contributed by atoms with van der Waals surface area (Å²) in [5.41, 5.74) is 0.600. The van der Waals surface area contributed by atoms with Gasteiger partial charge in [0.1, 0.15) is 5.82 Å². The third-order valence-electron chi connectivity index (χ3n) is 4.32. The van der Waals surface area contributed by atoms with Crippen molar-refractivity contribution in [2.24, 2.45) is 0 Å². The maximum Gasteiger partial charge on any atom is 0.191 e. The molecule has 3 rings (SSSR count). The molecule has 0 saturated heterocycles. The van der Waals surface area contributed by atoms with Gasteiger partial charge in [-0.1, -0.05) is 11.8 Å². The number of carbonyl (C=O) groups is 1. The van der Waals surface area contributed by atoms with E-state index in [1.54, 1.807) is 32.4 Å². The van der Waals surface area contributed by atoms with Crippen LogP contribution in [0.5, 0.6) is 11.5 Å². The zero-order valence-electron chi connectivity index (χ0n) is 15.0. The summed E-state index contributed by atoms with van der Waals surface area (Å²) in [4.78, 5) is 12.8. The number of Topliss-reactive ketones (excluding diaryl/α,β-unsaturated/α-hetero) is 1. The summed E-state index contributed by atoms with van der Waals surface area (Å²) in [6, 6.07) is 5.24. The number of methoxy groups -OCH3 is 2. The third-order valence-corrected chi connectivity index (χ3v) is 5.40. The third kappa shape index (κ3) is 3.66. The smallest absolute Gasteiger partial charge is 0.191 e. The molecule has 1 aromatic carbocycles. The quantitative estimate of drug-likeness (QED) is 0.529. The summed E-state index contributed by atoms with van der Waals surface area (Å²) < 4.78 is 12.6. The number of hydrogen-bond donors (Lipinski definition) is 0. The van der Waals surface area contributed by atoms with E-state index in [1.165, 1.54) is 24.6 Å². The fourth-order valence-electron chi connectivity index (χ4n) is 2.76. The normalized spacial score (nSPS) is 15.0. The van der Waals surface area contributed by atoms with Crippen LogP contribution in [-0.2, 0) is 6.54 Å². The Morgan fingerprint density at radius 2 is 2.00 bits per heavy atom. The zero-order valence-corrected chi connectivity index (χ0v) is 15.8. The molecule has 0 amide bonds. The van der Waals surface area contributed by atoms with Crippen molar-refractivity contribution in [3.05, 3.63) is 29.6 Å². The summed E-state index contributed by atoms with van der Waals surface area (Å²) in [5, 5.41) is 9.18. The van der Waals surface area contributed by atoms with Gasteiger partial charge >= 0.3 is 0 Å². The van der Waals surface area contributed by atoms with E-state index in [4.69, 9.17) is 9.47 Å². The predicted molar refractivity (Wildman–Crippen MR) is 96.9 cm³/mol. The molecule has 25 heavy (non-hydrogen) atoms. The molecule has 1 atom stereocenters. The number of ketones is 1. The van der Waals surface area contributed by atoms with Crippen LogP contribution in [0.2, 0.25) is 0 Å². The number of nitrogens with zero attached hydrogens (tertiary/aromatic N) is 3. The molecule has 0 N–H and O–H groups in total. The van der Waals surface area contributed by atoms with Crippen molar-refractivity contribution in [3.8, 4) is 11.5 Å². The minimum absolute atomic E-state index is 0.0320. The second kappa shape index (κ2) is 7.47. The molecule has 0 bridgehead atoms. The van der Waals surface area contributed by atoms with Crippen molar-refractivity contribution in [2.75, 3.05) is 14.2 Å². The van der Waals surface area contributed by atoms with E-state index in [-0.39, 0.29) is 11.0 Å². The number of carbonyl (C=O) groups excluding carboxylic acids is 1. The van der Waals surface area contributed by atoms with E-state index in [0.717, 1.165) is 17.5 Å². The monoisotopic (exact) mass is 361 g/mol. The Kier molecular flexibility index (Phi) is 5.32. The Morgan fingerprint density at radius 1 is 1.28 bits per heavy atom. The molecule has 0 aliphatic heterocycles. The Morgan fingerprint density at radius 3 is 2.60 bits per heavy atom. The molecule has 134 valence electrons. The van der Waals surface area contributed by atoms with Gasteiger partial charge in [0, 0.05) is 18.0 Å². The van der Waals surface area contributed by atoms with E-state index >= 15 is 0 Å². The summed E-state index contributed by atoms with van der Waals surface area (Å²) in [6.45, 7) is 4.80. The standard InChI is InChI=1S/C18H23N3O3S/c1-5-21-17(12-6-7-12)19-20-18(21)25-11(2)16(22)13-8-9-14(23-3)15(10-13)24-4/h8-12H,5-7H2,1-4H3/t11-/m0/s1. The predicted octanol–water partition coefficient (Wildman–Crippen LogP) is 3.56. The van der Waals surface area contributed by atoms with Gasteiger partial charge in [-0.15, -0.1) is 10.2 Å². The van der Waals surface area contributed by atoms with Crippen molar-refractivity contribution in [1.29, 1.82) is 0 Å². The molecule has 0 unspecified atom stereocenters. The van der Waals surface area contributed by atoms with Crippen molar-refractivity contribution < 1.29 is 14.3 Å². The maximum absolute atomic E-state index is 12.8. The number of benzene rings is 1. The molecule has 1 aliphatic rings. The van der Waals surface area contributed by atoms with Crippen LogP contribution in [0, 0.1) is 0 Å². The molecule has 1 aromatic heterocycles. The molecule has 0 spiro atoms. The van der Waals surface area contributed by atoms with Crippen molar-refractivity contribution >= 4 is 17.5 Å². The first-order valence-electron chi connectivity index (χ1n) is 8.45. The van der Waals surface area contributed by atoms with Crippen molar-refractivity contribution in [1.82, 2.24) is 14.8 Å². The molecular weight excluding hydrogens is 338 g/mol. The van der Waals surface area contributed by atoms with Crippen molar-refractivity contribution in [2.45, 2.75) is 49.6 Å². The molecule has 1 aliphatic carbocycles. The second-order valence-corrected chi connectivity index (χ2v) is 7.36. The molecule has 1 heterocycles. The fraction of sp³-hybridized carbons (Fsp3) is 0.500. The van der Waals surface area contributed by atoms with Crippen molar-refractivity contribution in [3.63, 3.8) is 0 Å². The van der Waals surface area contributed by atoms with E-state index in [9.17, 15) is 4.79 Å². The van der Waals surface area contributed by atoms with Crippen LogP contribution >= 0.6 is 11.8 Å². The van der Waals surface area contributed by atoms with Gasteiger partial charge < -0.3 is 14.0 Å². The van der Waals surface area contributed by atoms with Gasteiger partial charge in [-0.3, -0.25) is 4.79 Å². The highest BCUT2D eigenvalue weighted by Crippen LogP contribution is 2.40. The molecule has 6 nitrogen and oxygen atoms in total. The van der Waals surface area contributed by atoms with Crippen LogP contribution in [-0.4, -0.2) is 40.0 Å². The largest absolute Gasteiger partial charge is 0.493 e. The lowest BCUT2D eigenvalue weighted by Gasteiger charge is -2.13. The van der Waals surface area contributed by atoms with Crippen LogP contribution in [0.4, 0.5) is 0 Å². The van der Waals surface area contributed by atoms with E-state index in [0.29, 0.717) is 23.0 Å². The Balaban J connectivity index is 1.77.